The van der Waals surface area contributed by atoms with Gasteiger partial charge in [-0.2, -0.15) is 5.26 Å². The SMILES string of the molecule is N#Cc1nc2ccccc2cc1C(=O)OCCO. The molecule has 1 aromatic carbocycles. The Kier molecular flexibility index (Phi) is 3.51. The fraction of sp³-hybridized carbons (Fsp3) is 0.154. The monoisotopic (exact) mass is 242 g/mol. The number of esters is 1. The minimum atomic E-state index is -0.654. The summed E-state index contributed by atoms with van der Waals surface area (Å²) in [5.41, 5.74) is 0.786. The van der Waals surface area contributed by atoms with Crippen molar-refractivity contribution in [2.75, 3.05) is 13.2 Å². The first kappa shape index (κ1) is 12.0. The average molecular weight is 242 g/mol. The highest BCUT2D eigenvalue weighted by molar-refractivity contribution is 5.96. The summed E-state index contributed by atoms with van der Waals surface area (Å²) in [7, 11) is 0. The van der Waals surface area contributed by atoms with Gasteiger partial charge >= 0.3 is 5.97 Å². The maximum atomic E-state index is 11.7. The van der Waals surface area contributed by atoms with Gasteiger partial charge in [0.15, 0.2) is 5.69 Å². The van der Waals surface area contributed by atoms with E-state index in [-0.39, 0.29) is 24.5 Å². The van der Waals surface area contributed by atoms with E-state index < -0.39 is 5.97 Å². The van der Waals surface area contributed by atoms with Crippen molar-refractivity contribution < 1.29 is 14.6 Å². The molecule has 0 unspecified atom stereocenters. The number of aliphatic hydroxyl groups excluding tert-OH is 1. The molecule has 0 aliphatic heterocycles. The molecule has 2 rings (SSSR count). The smallest absolute Gasteiger partial charge is 0.341 e. The molecule has 0 fully saturated rings. The molecule has 1 aromatic heterocycles. The molecule has 0 atom stereocenters. The zero-order chi connectivity index (χ0) is 13.0. The molecule has 0 saturated carbocycles. The van der Waals surface area contributed by atoms with Crippen LogP contribution in [-0.2, 0) is 4.74 Å². The van der Waals surface area contributed by atoms with Gasteiger partial charge in [0.05, 0.1) is 17.7 Å². The number of benzene rings is 1. The molecule has 0 amide bonds. The second kappa shape index (κ2) is 5.25. The van der Waals surface area contributed by atoms with Crippen LogP contribution in [0.1, 0.15) is 16.1 Å². The van der Waals surface area contributed by atoms with Crippen molar-refractivity contribution >= 4 is 16.9 Å². The summed E-state index contributed by atoms with van der Waals surface area (Å²) in [6.07, 6.45) is 0. The van der Waals surface area contributed by atoms with Gasteiger partial charge in [-0.3, -0.25) is 0 Å². The zero-order valence-corrected chi connectivity index (χ0v) is 9.46. The Morgan fingerprint density at radius 2 is 2.22 bits per heavy atom. The lowest BCUT2D eigenvalue weighted by Gasteiger charge is -2.05. The van der Waals surface area contributed by atoms with Gasteiger partial charge in [0.25, 0.3) is 0 Å². The Balaban J connectivity index is 2.49. The van der Waals surface area contributed by atoms with Crippen molar-refractivity contribution in [3.63, 3.8) is 0 Å². The van der Waals surface area contributed by atoms with E-state index in [2.05, 4.69) is 4.98 Å². The Hall–Kier alpha value is -2.45. The molecule has 5 heteroatoms. The van der Waals surface area contributed by atoms with Gasteiger partial charge in [-0.05, 0) is 12.1 Å². The van der Waals surface area contributed by atoms with E-state index >= 15 is 0 Å². The molecule has 0 aliphatic rings. The molecular weight excluding hydrogens is 232 g/mol. The number of carbonyl (C=O) groups excluding carboxylic acids is 1. The average Bonchev–Trinajstić information content (AvgIpc) is 2.43. The summed E-state index contributed by atoms with van der Waals surface area (Å²) >= 11 is 0. The summed E-state index contributed by atoms with van der Waals surface area (Å²) in [5.74, 6) is -0.654. The number of aliphatic hydroxyl groups is 1. The van der Waals surface area contributed by atoms with Crippen molar-refractivity contribution in [2.24, 2.45) is 0 Å². The molecule has 0 saturated heterocycles. The van der Waals surface area contributed by atoms with Gasteiger partial charge in [-0.1, -0.05) is 18.2 Å². The lowest BCUT2D eigenvalue weighted by Crippen LogP contribution is -2.11. The van der Waals surface area contributed by atoms with E-state index in [1.807, 2.05) is 12.1 Å². The number of nitriles is 1. The molecule has 2 aromatic rings. The highest BCUT2D eigenvalue weighted by Crippen LogP contribution is 2.17. The lowest BCUT2D eigenvalue weighted by atomic mass is 10.1. The molecule has 1 N–H and O–H groups in total. The number of hydrogen-bond acceptors (Lipinski definition) is 5. The molecule has 1 heterocycles. The fourth-order valence-electron chi connectivity index (χ4n) is 1.57. The largest absolute Gasteiger partial charge is 0.460 e. The first-order valence-corrected chi connectivity index (χ1v) is 5.34. The number of carbonyl (C=O) groups is 1. The number of rotatable bonds is 3. The summed E-state index contributed by atoms with van der Waals surface area (Å²) in [4.78, 5) is 15.8. The standard InChI is InChI=1S/C13H10N2O3/c14-8-12-10(13(17)18-6-5-16)7-9-3-1-2-4-11(9)15-12/h1-4,7,16H,5-6H2. The number of ether oxygens (including phenoxy) is 1. The maximum absolute atomic E-state index is 11.7. The zero-order valence-electron chi connectivity index (χ0n) is 9.46. The van der Waals surface area contributed by atoms with Gasteiger partial charge < -0.3 is 9.84 Å². The highest BCUT2D eigenvalue weighted by Gasteiger charge is 2.15. The van der Waals surface area contributed by atoms with Crippen LogP contribution in [0.15, 0.2) is 30.3 Å². The van der Waals surface area contributed by atoms with Crippen LogP contribution in [0.25, 0.3) is 10.9 Å². The summed E-state index contributed by atoms with van der Waals surface area (Å²) in [6.45, 7) is -0.356. The van der Waals surface area contributed by atoms with Crippen LogP contribution in [0.4, 0.5) is 0 Å². The van der Waals surface area contributed by atoms with E-state index in [4.69, 9.17) is 15.1 Å². The molecule has 0 spiro atoms. The van der Waals surface area contributed by atoms with Gasteiger partial charge in [-0.15, -0.1) is 0 Å². The Bertz CT molecular complexity index is 632. The highest BCUT2D eigenvalue weighted by atomic mass is 16.5. The predicted octanol–water partition coefficient (Wildman–Crippen LogP) is 1.26. The van der Waals surface area contributed by atoms with Gasteiger partial charge in [0.2, 0.25) is 0 Å². The Morgan fingerprint density at radius 1 is 1.44 bits per heavy atom. The number of nitrogens with zero attached hydrogens (tertiary/aromatic N) is 2. The summed E-state index contributed by atoms with van der Waals surface area (Å²) < 4.78 is 4.79. The van der Waals surface area contributed by atoms with Crippen molar-refractivity contribution in [3.8, 4) is 6.07 Å². The van der Waals surface area contributed by atoms with Crippen LogP contribution in [0, 0.1) is 11.3 Å². The topological polar surface area (TPSA) is 83.2 Å². The van der Waals surface area contributed by atoms with Crippen molar-refractivity contribution in [1.29, 1.82) is 5.26 Å². The summed E-state index contributed by atoms with van der Waals surface area (Å²) in [5, 5.41) is 18.3. The fourth-order valence-corrected chi connectivity index (χ4v) is 1.57. The molecule has 90 valence electrons. The number of hydrogen-bond donors (Lipinski definition) is 1. The molecule has 5 nitrogen and oxygen atoms in total. The maximum Gasteiger partial charge on any atom is 0.341 e. The first-order chi connectivity index (χ1) is 8.76. The van der Waals surface area contributed by atoms with Crippen molar-refractivity contribution in [1.82, 2.24) is 4.98 Å². The third kappa shape index (κ3) is 2.29. The van der Waals surface area contributed by atoms with Crippen LogP contribution in [-0.4, -0.2) is 29.3 Å². The number of pyridine rings is 1. The van der Waals surface area contributed by atoms with Crippen LogP contribution in [0.5, 0.6) is 0 Å². The summed E-state index contributed by atoms with van der Waals surface area (Å²) in [6, 6.07) is 10.6. The molecular formula is C13H10N2O3. The Labute approximate surface area is 103 Å². The van der Waals surface area contributed by atoms with E-state index in [1.54, 1.807) is 24.3 Å². The van der Waals surface area contributed by atoms with Gasteiger partial charge in [0, 0.05) is 5.39 Å². The van der Waals surface area contributed by atoms with Crippen molar-refractivity contribution in [3.05, 3.63) is 41.6 Å². The Morgan fingerprint density at radius 3 is 2.94 bits per heavy atom. The van der Waals surface area contributed by atoms with Crippen LogP contribution >= 0.6 is 0 Å². The quantitative estimate of drug-likeness (QED) is 0.819. The third-order valence-electron chi connectivity index (χ3n) is 2.37. The van der Waals surface area contributed by atoms with Crippen molar-refractivity contribution in [2.45, 2.75) is 0 Å². The van der Waals surface area contributed by atoms with Crippen LogP contribution < -0.4 is 0 Å². The van der Waals surface area contributed by atoms with Crippen LogP contribution in [0.2, 0.25) is 0 Å². The van der Waals surface area contributed by atoms with Gasteiger partial charge in [-0.25, -0.2) is 9.78 Å². The molecule has 0 bridgehead atoms. The van der Waals surface area contributed by atoms with E-state index in [1.165, 1.54) is 0 Å². The third-order valence-corrected chi connectivity index (χ3v) is 2.37. The minimum Gasteiger partial charge on any atom is -0.460 e. The van der Waals surface area contributed by atoms with Crippen LogP contribution in [0.3, 0.4) is 0 Å². The minimum absolute atomic E-state index is 0.0247. The number of para-hydroxylation sites is 1. The molecule has 0 radical (unpaired) electrons. The first-order valence-electron chi connectivity index (χ1n) is 5.34. The predicted molar refractivity (Wildman–Crippen MR) is 63.8 cm³/mol. The second-order valence-corrected chi connectivity index (χ2v) is 3.55. The number of fused-ring (bicyclic) bond motifs is 1. The molecule has 18 heavy (non-hydrogen) atoms. The van der Waals surface area contributed by atoms with E-state index in [0.29, 0.717) is 5.52 Å². The molecule has 0 aliphatic carbocycles. The normalized spacial score (nSPS) is 10.0. The van der Waals surface area contributed by atoms with E-state index in [9.17, 15) is 4.79 Å². The van der Waals surface area contributed by atoms with Gasteiger partial charge in [0.1, 0.15) is 12.7 Å². The number of aromatic nitrogens is 1. The second-order valence-electron chi connectivity index (χ2n) is 3.55. The van der Waals surface area contributed by atoms with E-state index in [0.717, 1.165) is 5.39 Å². The lowest BCUT2D eigenvalue weighted by molar-refractivity contribution is 0.0433.